The first-order chi connectivity index (χ1) is 7.83. The number of nitrogens with zero attached hydrogens (tertiary/aromatic N) is 3. The molecule has 0 aliphatic heterocycles. The van der Waals surface area contributed by atoms with Gasteiger partial charge in [-0.25, -0.2) is 4.98 Å². The molecule has 0 bridgehead atoms. The molecule has 0 atom stereocenters. The third-order valence-electron chi connectivity index (χ3n) is 2.17. The molecule has 0 aliphatic carbocycles. The third-order valence-corrected chi connectivity index (χ3v) is 2.17. The Balaban J connectivity index is 2.19. The lowest BCUT2D eigenvalue weighted by Gasteiger charge is -2.05. The minimum Gasteiger partial charge on any atom is -0.435 e. The van der Waals surface area contributed by atoms with Crippen molar-refractivity contribution in [1.29, 1.82) is 0 Å². The fourth-order valence-corrected chi connectivity index (χ4v) is 1.32. The van der Waals surface area contributed by atoms with Crippen molar-refractivity contribution >= 4 is 0 Å². The van der Waals surface area contributed by atoms with Gasteiger partial charge in [0.1, 0.15) is 0 Å². The fourth-order valence-electron chi connectivity index (χ4n) is 1.32. The zero-order valence-electron chi connectivity index (χ0n) is 9.00. The SMILES string of the molecule is CCn1cc(Oc2ncccc2CO)cn1. The van der Waals surface area contributed by atoms with Gasteiger partial charge in [0.05, 0.1) is 19.0 Å². The van der Waals surface area contributed by atoms with Crippen molar-refractivity contribution in [3.05, 3.63) is 36.3 Å². The summed E-state index contributed by atoms with van der Waals surface area (Å²) in [6.07, 6.45) is 5.04. The average molecular weight is 219 g/mol. The maximum atomic E-state index is 9.11. The van der Waals surface area contributed by atoms with Gasteiger partial charge in [-0.3, -0.25) is 4.68 Å². The number of hydrogen-bond donors (Lipinski definition) is 1. The van der Waals surface area contributed by atoms with Gasteiger partial charge in [0, 0.05) is 18.3 Å². The molecule has 5 heteroatoms. The maximum absolute atomic E-state index is 9.11. The summed E-state index contributed by atoms with van der Waals surface area (Å²) in [4.78, 5) is 4.06. The summed E-state index contributed by atoms with van der Waals surface area (Å²) in [5, 5.41) is 13.2. The second-order valence-corrected chi connectivity index (χ2v) is 3.26. The van der Waals surface area contributed by atoms with Gasteiger partial charge in [-0.05, 0) is 19.1 Å². The van der Waals surface area contributed by atoms with Crippen LogP contribution >= 0.6 is 0 Å². The van der Waals surface area contributed by atoms with Crippen LogP contribution in [0.4, 0.5) is 0 Å². The zero-order chi connectivity index (χ0) is 11.4. The van der Waals surface area contributed by atoms with Crippen LogP contribution in [0.25, 0.3) is 0 Å². The molecule has 0 saturated carbocycles. The monoisotopic (exact) mass is 219 g/mol. The van der Waals surface area contributed by atoms with Crippen LogP contribution in [0.1, 0.15) is 12.5 Å². The quantitative estimate of drug-likeness (QED) is 0.848. The Morgan fingerprint density at radius 2 is 2.38 bits per heavy atom. The van der Waals surface area contributed by atoms with Crippen molar-refractivity contribution in [3.63, 3.8) is 0 Å². The van der Waals surface area contributed by atoms with Crippen LogP contribution in [0.5, 0.6) is 11.6 Å². The molecule has 0 spiro atoms. The molecule has 0 aromatic carbocycles. The predicted octanol–water partition coefficient (Wildman–Crippen LogP) is 1.58. The number of aryl methyl sites for hydroxylation is 1. The second kappa shape index (κ2) is 4.76. The van der Waals surface area contributed by atoms with E-state index < -0.39 is 0 Å². The highest BCUT2D eigenvalue weighted by Crippen LogP contribution is 2.21. The van der Waals surface area contributed by atoms with Gasteiger partial charge in [0.25, 0.3) is 0 Å². The molecule has 2 heterocycles. The maximum Gasteiger partial charge on any atom is 0.224 e. The van der Waals surface area contributed by atoms with E-state index in [1.807, 2.05) is 6.92 Å². The Hall–Kier alpha value is -1.88. The molecular weight excluding hydrogens is 206 g/mol. The number of rotatable bonds is 4. The molecule has 84 valence electrons. The zero-order valence-corrected chi connectivity index (χ0v) is 9.00. The molecule has 0 fully saturated rings. The van der Waals surface area contributed by atoms with E-state index in [0.717, 1.165) is 6.54 Å². The van der Waals surface area contributed by atoms with E-state index in [-0.39, 0.29) is 6.61 Å². The van der Waals surface area contributed by atoms with Gasteiger partial charge in [0.15, 0.2) is 5.75 Å². The van der Waals surface area contributed by atoms with Crippen LogP contribution in [0.15, 0.2) is 30.7 Å². The average Bonchev–Trinajstić information content (AvgIpc) is 2.77. The number of hydrogen-bond acceptors (Lipinski definition) is 4. The Kier molecular flexibility index (Phi) is 3.16. The minimum atomic E-state index is -0.0922. The Labute approximate surface area is 93.3 Å². The smallest absolute Gasteiger partial charge is 0.224 e. The summed E-state index contributed by atoms with van der Waals surface area (Å²) >= 11 is 0. The fraction of sp³-hybridized carbons (Fsp3) is 0.273. The molecule has 2 rings (SSSR count). The molecular formula is C11H13N3O2. The predicted molar refractivity (Wildman–Crippen MR) is 58.1 cm³/mol. The molecule has 0 unspecified atom stereocenters. The van der Waals surface area contributed by atoms with Gasteiger partial charge in [-0.2, -0.15) is 5.10 Å². The molecule has 0 saturated heterocycles. The lowest BCUT2D eigenvalue weighted by atomic mass is 10.3. The van der Waals surface area contributed by atoms with Gasteiger partial charge in [-0.1, -0.05) is 0 Å². The van der Waals surface area contributed by atoms with Crippen molar-refractivity contribution in [3.8, 4) is 11.6 Å². The number of aliphatic hydroxyl groups is 1. The van der Waals surface area contributed by atoms with E-state index in [2.05, 4.69) is 10.1 Å². The van der Waals surface area contributed by atoms with Crippen molar-refractivity contribution in [1.82, 2.24) is 14.8 Å². The van der Waals surface area contributed by atoms with Gasteiger partial charge < -0.3 is 9.84 Å². The van der Waals surface area contributed by atoms with Crippen molar-refractivity contribution in [2.24, 2.45) is 0 Å². The molecule has 0 radical (unpaired) electrons. The Bertz CT molecular complexity index is 468. The summed E-state index contributed by atoms with van der Waals surface area (Å²) < 4.78 is 7.29. The molecule has 16 heavy (non-hydrogen) atoms. The first-order valence-electron chi connectivity index (χ1n) is 5.08. The highest BCUT2D eigenvalue weighted by atomic mass is 16.5. The lowest BCUT2D eigenvalue weighted by Crippen LogP contribution is -1.94. The third kappa shape index (κ3) is 2.20. The van der Waals surface area contributed by atoms with E-state index in [1.54, 1.807) is 35.4 Å². The Morgan fingerprint density at radius 3 is 3.06 bits per heavy atom. The molecule has 0 aliphatic rings. The van der Waals surface area contributed by atoms with Crippen molar-refractivity contribution < 1.29 is 9.84 Å². The van der Waals surface area contributed by atoms with Crippen LogP contribution in [-0.4, -0.2) is 19.9 Å². The number of pyridine rings is 1. The van der Waals surface area contributed by atoms with Crippen LogP contribution in [0.2, 0.25) is 0 Å². The standard InChI is InChI=1S/C11H13N3O2/c1-2-14-7-10(6-13-14)16-11-9(8-15)4-3-5-12-11/h3-7,15H,2,8H2,1H3. The van der Waals surface area contributed by atoms with Gasteiger partial charge in [0.2, 0.25) is 5.88 Å². The van der Waals surface area contributed by atoms with E-state index in [9.17, 15) is 0 Å². The molecule has 2 aromatic heterocycles. The summed E-state index contributed by atoms with van der Waals surface area (Å²) in [5.41, 5.74) is 0.659. The van der Waals surface area contributed by atoms with E-state index >= 15 is 0 Å². The van der Waals surface area contributed by atoms with Crippen molar-refractivity contribution in [2.75, 3.05) is 0 Å². The summed E-state index contributed by atoms with van der Waals surface area (Å²) in [6, 6.07) is 3.53. The molecule has 0 amide bonds. The number of ether oxygens (including phenoxy) is 1. The Morgan fingerprint density at radius 1 is 1.50 bits per heavy atom. The first kappa shape index (κ1) is 10.6. The van der Waals surface area contributed by atoms with E-state index in [4.69, 9.17) is 9.84 Å². The highest BCUT2D eigenvalue weighted by molar-refractivity contribution is 5.29. The number of aromatic nitrogens is 3. The summed E-state index contributed by atoms with van der Waals surface area (Å²) in [6.45, 7) is 2.69. The largest absolute Gasteiger partial charge is 0.435 e. The van der Waals surface area contributed by atoms with E-state index in [0.29, 0.717) is 17.2 Å². The minimum absolute atomic E-state index is 0.0922. The molecule has 1 N–H and O–H groups in total. The van der Waals surface area contributed by atoms with Crippen LogP contribution in [-0.2, 0) is 13.2 Å². The van der Waals surface area contributed by atoms with Crippen LogP contribution < -0.4 is 4.74 Å². The van der Waals surface area contributed by atoms with Crippen molar-refractivity contribution in [2.45, 2.75) is 20.1 Å². The number of aliphatic hydroxyl groups excluding tert-OH is 1. The highest BCUT2D eigenvalue weighted by Gasteiger charge is 2.06. The lowest BCUT2D eigenvalue weighted by molar-refractivity contribution is 0.275. The summed E-state index contributed by atoms with van der Waals surface area (Å²) in [7, 11) is 0. The van der Waals surface area contributed by atoms with Gasteiger partial charge in [-0.15, -0.1) is 0 Å². The van der Waals surface area contributed by atoms with Gasteiger partial charge >= 0.3 is 0 Å². The summed E-state index contributed by atoms with van der Waals surface area (Å²) in [5.74, 6) is 1.04. The van der Waals surface area contributed by atoms with Crippen LogP contribution in [0.3, 0.4) is 0 Å². The molecule has 2 aromatic rings. The van der Waals surface area contributed by atoms with Crippen LogP contribution in [0, 0.1) is 0 Å². The first-order valence-corrected chi connectivity index (χ1v) is 5.08. The van der Waals surface area contributed by atoms with E-state index in [1.165, 1.54) is 0 Å². The molecule has 5 nitrogen and oxygen atoms in total. The normalized spacial score (nSPS) is 10.4. The second-order valence-electron chi connectivity index (χ2n) is 3.26. The topological polar surface area (TPSA) is 60.2 Å².